The van der Waals surface area contributed by atoms with Crippen LogP contribution < -0.4 is 10.1 Å². The van der Waals surface area contributed by atoms with Crippen LogP contribution in [0.3, 0.4) is 0 Å². The lowest BCUT2D eigenvalue weighted by atomic mass is 10.0. The molecular weight excluding hydrogens is 554 g/mol. The third-order valence-corrected chi connectivity index (χ3v) is 9.00. The second-order valence-electron chi connectivity index (χ2n) is 10.0. The van der Waals surface area contributed by atoms with E-state index in [1.807, 2.05) is 0 Å². The molecule has 0 aliphatic carbocycles. The number of urea groups is 1. The van der Waals surface area contributed by atoms with E-state index in [-0.39, 0.29) is 29.4 Å². The molecular formula is C29H30F2N4O5S. The summed E-state index contributed by atoms with van der Waals surface area (Å²) in [6.45, 7) is 2.94. The van der Waals surface area contributed by atoms with Crippen molar-refractivity contribution < 1.29 is 31.8 Å². The molecule has 2 N–H and O–H groups in total. The molecule has 2 amide bonds. The highest BCUT2D eigenvalue weighted by molar-refractivity contribution is 7.89. The number of fused-ring (bicyclic) bond motifs is 1. The number of hydrogen-bond donors (Lipinski definition) is 2. The molecule has 1 aliphatic rings. The van der Waals surface area contributed by atoms with Crippen molar-refractivity contribution in [2.45, 2.75) is 30.9 Å². The molecule has 0 unspecified atom stereocenters. The van der Waals surface area contributed by atoms with Crippen molar-refractivity contribution in [1.29, 1.82) is 5.26 Å². The molecule has 1 heterocycles. The van der Waals surface area contributed by atoms with Crippen LogP contribution in [0.1, 0.15) is 19.4 Å². The first kappa shape index (κ1) is 29.9. The van der Waals surface area contributed by atoms with Crippen molar-refractivity contribution in [2.75, 3.05) is 32.1 Å². The zero-order valence-electron chi connectivity index (χ0n) is 22.7. The largest absolute Gasteiger partial charge is 0.487 e. The highest BCUT2D eigenvalue weighted by atomic mass is 32.2. The molecule has 0 radical (unpaired) electrons. The van der Waals surface area contributed by atoms with Crippen molar-refractivity contribution in [2.24, 2.45) is 5.92 Å². The van der Waals surface area contributed by atoms with Crippen LogP contribution in [0.2, 0.25) is 0 Å². The van der Waals surface area contributed by atoms with Gasteiger partial charge >= 0.3 is 6.03 Å². The SMILES string of the molecule is C[C@@H]1CN([C@H](C)CO)S(=O)(=O)c2ccc(-c3ccc(C#N)cc3)cc2O[C@@H]1CN(C)C(=O)Nc1cc(F)ccc1F. The van der Waals surface area contributed by atoms with Crippen LogP contribution in [0.15, 0.2) is 65.6 Å². The highest BCUT2D eigenvalue weighted by Crippen LogP contribution is 2.36. The van der Waals surface area contributed by atoms with Crippen molar-refractivity contribution in [1.82, 2.24) is 9.21 Å². The number of anilines is 1. The van der Waals surface area contributed by atoms with Gasteiger partial charge in [-0.2, -0.15) is 9.57 Å². The molecule has 4 rings (SSSR count). The summed E-state index contributed by atoms with van der Waals surface area (Å²) in [5.74, 6) is -1.91. The van der Waals surface area contributed by atoms with E-state index in [4.69, 9.17) is 10.00 Å². The number of nitriles is 1. The Morgan fingerprint density at radius 2 is 1.85 bits per heavy atom. The number of aliphatic hydroxyl groups excluding tert-OH is 1. The quantitative estimate of drug-likeness (QED) is 0.442. The van der Waals surface area contributed by atoms with Crippen molar-refractivity contribution in [3.8, 4) is 22.9 Å². The molecule has 0 saturated heterocycles. The number of carbonyl (C=O) groups is 1. The van der Waals surface area contributed by atoms with Gasteiger partial charge in [0.1, 0.15) is 28.4 Å². The van der Waals surface area contributed by atoms with Crippen LogP contribution in [0, 0.1) is 28.9 Å². The van der Waals surface area contributed by atoms with E-state index in [9.17, 15) is 27.1 Å². The minimum atomic E-state index is -4.08. The Morgan fingerprint density at radius 1 is 1.17 bits per heavy atom. The molecule has 9 nitrogen and oxygen atoms in total. The van der Waals surface area contributed by atoms with Gasteiger partial charge in [-0.1, -0.05) is 25.1 Å². The lowest BCUT2D eigenvalue weighted by Crippen LogP contribution is -2.50. The normalized spacial score (nSPS) is 19.0. The number of hydrogen-bond acceptors (Lipinski definition) is 6. The van der Waals surface area contributed by atoms with E-state index in [0.717, 1.165) is 23.8 Å². The summed E-state index contributed by atoms with van der Waals surface area (Å²) < 4.78 is 62.6. The van der Waals surface area contributed by atoms with Gasteiger partial charge < -0.3 is 20.1 Å². The molecule has 1 aliphatic heterocycles. The Morgan fingerprint density at radius 3 is 2.51 bits per heavy atom. The van der Waals surface area contributed by atoms with Crippen molar-refractivity contribution in [3.63, 3.8) is 0 Å². The summed E-state index contributed by atoms with van der Waals surface area (Å²) in [4.78, 5) is 14.0. The van der Waals surface area contributed by atoms with Gasteiger partial charge in [0.05, 0.1) is 30.5 Å². The Labute approximate surface area is 237 Å². The van der Waals surface area contributed by atoms with Gasteiger partial charge in [-0.05, 0) is 54.4 Å². The summed E-state index contributed by atoms with van der Waals surface area (Å²) in [6.07, 6.45) is -0.720. The highest BCUT2D eigenvalue weighted by Gasteiger charge is 2.38. The van der Waals surface area contributed by atoms with Gasteiger partial charge in [-0.3, -0.25) is 0 Å². The zero-order valence-corrected chi connectivity index (χ0v) is 23.5. The van der Waals surface area contributed by atoms with Crippen LogP contribution in [0.25, 0.3) is 11.1 Å². The number of sulfonamides is 1. The van der Waals surface area contributed by atoms with Crippen LogP contribution in [0.4, 0.5) is 19.3 Å². The first-order valence-electron chi connectivity index (χ1n) is 12.9. The maximum atomic E-state index is 14.1. The maximum absolute atomic E-state index is 14.1. The Kier molecular flexibility index (Phi) is 8.92. The van der Waals surface area contributed by atoms with E-state index in [0.29, 0.717) is 11.1 Å². The molecule has 0 spiro atoms. The predicted molar refractivity (Wildman–Crippen MR) is 149 cm³/mol. The van der Waals surface area contributed by atoms with Crippen LogP contribution in [0.5, 0.6) is 5.75 Å². The zero-order chi connectivity index (χ0) is 29.9. The predicted octanol–water partition coefficient (Wildman–Crippen LogP) is 4.44. The third kappa shape index (κ3) is 6.48. The Hall–Kier alpha value is -4.05. The van der Waals surface area contributed by atoms with Gasteiger partial charge in [0, 0.05) is 31.6 Å². The number of rotatable bonds is 6. The number of likely N-dealkylation sites (N-methyl/N-ethyl adjacent to an activating group) is 1. The van der Waals surface area contributed by atoms with Gasteiger partial charge in [-0.15, -0.1) is 0 Å². The standard InChI is InChI=1S/C29H30F2N4O5S/c1-18-15-35(19(2)17-36)41(38,39)28-11-8-22(21-6-4-20(14-32)5-7-21)12-26(28)40-27(18)16-34(3)29(37)33-25-13-23(30)9-10-24(25)31/h4-13,18-19,27,36H,15-17H2,1-3H3,(H,33,37)/t18-,19-,27-/m1/s1. The molecule has 0 bridgehead atoms. The van der Waals surface area contributed by atoms with Gasteiger partial charge in [-0.25, -0.2) is 22.0 Å². The Bertz CT molecular complexity index is 1580. The monoisotopic (exact) mass is 584 g/mol. The van der Waals surface area contributed by atoms with E-state index in [1.165, 1.54) is 22.3 Å². The lowest BCUT2D eigenvalue weighted by molar-refractivity contribution is 0.0830. The fourth-order valence-electron chi connectivity index (χ4n) is 4.52. The molecule has 0 aromatic heterocycles. The number of benzene rings is 3. The number of nitrogens with one attached hydrogen (secondary N) is 1. The second kappa shape index (κ2) is 12.2. The number of amides is 2. The van der Waals surface area contributed by atoms with Gasteiger partial charge in [0.15, 0.2) is 0 Å². The van der Waals surface area contributed by atoms with E-state index < -0.39 is 52.4 Å². The maximum Gasteiger partial charge on any atom is 0.321 e. The molecule has 3 atom stereocenters. The average Bonchev–Trinajstić information content (AvgIpc) is 2.96. The smallest absolute Gasteiger partial charge is 0.321 e. The summed E-state index contributed by atoms with van der Waals surface area (Å²) in [6, 6.07) is 14.8. The molecule has 3 aromatic carbocycles. The molecule has 0 fully saturated rings. The van der Waals surface area contributed by atoms with E-state index in [1.54, 1.807) is 50.2 Å². The first-order valence-corrected chi connectivity index (χ1v) is 14.3. The number of ether oxygens (including phenoxy) is 1. The molecule has 12 heteroatoms. The second-order valence-corrected chi connectivity index (χ2v) is 11.9. The number of aliphatic hydroxyl groups is 1. The Balaban J connectivity index is 1.69. The van der Waals surface area contributed by atoms with E-state index >= 15 is 0 Å². The van der Waals surface area contributed by atoms with E-state index in [2.05, 4.69) is 11.4 Å². The lowest BCUT2D eigenvalue weighted by Gasteiger charge is -2.37. The number of halogens is 2. The molecule has 41 heavy (non-hydrogen) atoms. The topological polar surface area (TPSA) is 123 Å². The van der Waals surface area contributed by atoms with Crippen LogP contribution in [-0.2, 0) is 10.0 Å². The third-order valence-electron chi connectivity index (χ3n) is 6.98. The summed E-state index contributed by atoms with van der Waals surface area (Å²) in [5.41, 5.74) is 1.53. The minimum Gasteiger partial charge on any atom is -0.487 e. The minimum absolute atomic E-state index is 0.000473. The first-order chi connectivity index (χ1) is 19.4. The summed E-state index contributed by atoms with van der Waals surface area (Å²) in [7, 11) is -2.62. The summed E-state index contributed by atoms with van der Waals surface area (Å²) in [5, 5.41) is 21.3. The van der Waals surface area contributed by atoms with Gasteiger partial charge in [0.25, 0.3) is 0 Å². The fraction of sp³-hybridized carbons (Fsp3) is 0.310. The van der Waals surface area contributed by atoms with Crippen LogP contribution in [-0.4, -0.2) is 67.7 Å². The average molecular weight is 585 g/mol. The summed E-state index contributed by atoms with van der Waals surface area (Å²) >= 11 is 0. The number of nitrogens with zero attached hydrogens (tertiary/aromatic N) is 3. The molecule has 0 saturated carbocycles. The van der Waals surface area contributed by atoms with Gasteiger partial charge in [0.2, 0.25) is 10.0 Å². The van der Waals surface area contributed by atoms with Crippen molar-refractivity contribution >= 4 is 21.7 Å². The number of carbonyl (C=O) groups excluding carboxylic acids is 1. The van der Waals surface area contributed by atoms with Crippen LogP contribution >= 0.6 is 0 Å². The molecule has 216 valence electrons. The molecule has 3 aromatic rings. The fourth-order valence-corrected chi connectivity index (χ4v) is 6.34. The van der Waals surface area contributed by atoms with Crippen molar-refractivity contribution in [3.05, 3.63) is 77.9 Å².